The molecule has 5 nitrogen and oxygen atoms in total. The van der Waals surface area contributed by atoms with Gasteiger partial charge in [-0.25, -0.2) is 5.21 Å². The van der Waals surface area contributed by atoms with Gasteiger partial charge in [-0.15, -0.1) is 0 Å². The van der Waals surface area contributed by atoms with Crippen molar-refractivity contribution >= 4 is 17.6 Å². The fraction of sp³-hybridized carbons (Fsp3) is 0.242. The van der Waals surface area contributed by atoms with Crippen molar-refractivity contribution in [3.8, 4) is 5.75 Å². The SMILES string of the molecule is O=C(O)Cc1cccc(OCCC[N+](O)(Cc2cccc(C(F)(F)F)c2Cl)CC(c2ccccc2)c2ccccc2)c1. The Morgan fingerprint density at radius 1 is 0.881 bits per heavy atom. The highest BCUT2D eigenvalue weighted by Gasteiger charge is 2.37. The van der Waals surface area contributed by atoms with Crippen LogP contribution >= 0.6 is 11.6 Å². The molecule has 0 aliphatic carbocycles. The number of hydrogen-bond acceptors (Lipinski definition) is 3. The second-order valence-electron chi connectivity index (χ2n) is 10.2. The first-order chi connectivity index (χ1) is 20.0. The molecule has 0 radical (unpaired) electrons. The minimum Gasteiger partial charge on any atom is -0.493 e. The quantitative estimate of drug-likeness (QED) is 0.0930. The average molecular weight is 599 g/mol. The third-order valence-electron chi connectivity index (χ3n) is 7.02. The van der Waals surface area contributed by atoms with E-state index in [2.05, 4.69) is 0 Å². The number of hydrogen-bond donors (Lipinski definition) is 2. The van der Waals surface area contributed by atoms with E-state index < -0.39 is 27.4 Å². The van der Waals surface area contributed by atoms with Gasteiger partial charge in [0.15, 0.2) is 0 Å². The number of hydroxylamine groups is 3. The van der Waals surface area contributed by atoms with Crippen molar-refractivity contribution in [2.75, 3.05) is 19.7 Å². The first-order valence-corrected chi connectivity index (χ1v) is 13.9. The maximum absolute atomic E-state index is 13.6. The predicted octanol–water partition coefficient (Wildman–Crippen LogP) is 7.99. The molecule has 2 N–H and O–H groups in total. The Hall–Kier alpha value is -3.85. The fourth-order valence-corrected chi connectivity index (χ4v) is 5.35. The zero-order chi connectivity index (χ0) is 30.2. The van der Waals surface area contributed by atoms with E-state index in [-0.39, 0.29) is 44.1 Å². The lowest BCUT2D eigenvalue weighted by molar-refractivity contribution is -1.11. The minimum atomic E-state index is -4.63. The number of quaternary nitrogens is 1. The summed E-state index contributed by atoms with van der Waals surface area (Å²) in [5, 5.41) is 20.7. The first kappa shape index (κ1) is 31.1. The Balaban J connectivity index is 1.60. The number of carboxylic acid groups (broad SMARTS) is 1. The lowest BCUT2D eigenvalue weighted by atomic mass is 9.90. The largest absolute Gasteiger partial charge is 0.493 e. The van der Waals surface area contributed by atoms with Gasteiger partial charge in [0, 0.05) is 12.0 Å². The smallest absolute Gasteiger partial charge is 0.417 e. The molecular weight excluding hydrogens is 567 g/mol. The molecule has 0 fully saturated rings. The number of carboxylic acids is 1. The molecule has 42 heavy (non-hydrogen) atoms. The summed E-state index contributed by atoms with van der Waals surface area (Å²) in [6, 6.07) is 29.8. The van der Waals surface area contributed by atoms with Crippen LogP contribution in [0.25, 0.3) is 0 Å². The van der Waals surface area contributed by atoms with Crippen molar-refractivity contribution in [3.63, 3.8) is 0 Å². The summed E-state index contributed by atoms with van der Waals surface area (Å²) in [5.41, 5.74) is 1.76. The Labute approximate surface area is 247 Å². The highest BCUT2D eigenvalue weighted by Crippen LogP contribution is 2.38. The lowest BCUT2D eigenvalue weighted by Gasteiger charge is -2.34. The van der Waals surface area contributed by atoms with Crippen LogP contribution in [0.5, 0.6) is 5.75 Å². The van der Waals surface area contributed by atoms with Gasteiger partial charge >= 0.3 is 12.1 Å². The summed E-state index contributed by atoms with van der Waals surface area (Å²) in [4.78, 5) is 11.1. The van der Waals surface area contributed by atoms with Crippen LogP contribution in [0.15, 0.2) is 103 Å². The molecule has 220 valence electrons. The highest BCUT2D eigenvalue weighted by atomic mass is 35.5. The molecule has 0 aliphatic rings. The summed E-state index contributed by atoms with van der Waals surface area (Å²) >= 11 is 6.25. The Bertz CT molecular complexity index is 1430. The van der Waals surface area contributed by atoms with Crippen LogP contribution in [0.4, 0.5) is 13.2 Å². The van der Waals surface area contributed by atoms with E-state index in [4.69, 9.17) is 21.4 Å². The van der Waals surface area contributed by atoms with Crippen molar-refractivity contribution in [1.82, 2.24) is 0 Å². The van der Waals surface area contributed by atoms with Gasteiger partial charge in [0.25, 0.3) is 0 Å². The van der Waals surface area contributed by atoms with E-state index in [1.54, 1.807) is 24.3 Å². The molecule has 1 atom stereocenters. The molecule has 0 aliphatic heterocycles. The fourth-order valence-electron chi connectivity index (χ4n) is 5.06. The van der Waals surface area contributed by atoms with Gasteiger partial charge in [-0.3, -0.25) is 4.79 Å². The van der Waals surface area contributed by atoms with Crippen LogP contribution in [0.3, 0.4) is 0 Å². The number of nitrogens with zero attached hydrogens (tertiary/aromatic N) is 1. The van der Waals surface area contributed by atoms with Crippen LogP contribution in [0.1, 0.15) is 40.2 Å². The molecule has 4 aromatic carbocycles. The van der Waals surface area contributed by atoms with Gasteiger partial charge in [-0.1, -0.05) is 96.5 Å². The van der Waals surface area contributed by atoms with Crippen LogP contribution < -0.4 is 4.74 Å². The summed E-state index contributed by atoms with van der Waals surface area (Å²) in [6.45, 7) is 0.397. The van der Waals surface area contributed by atoms with Crippen LogP contribution in [0.2, 0.25) is 5.02 Å². The summed E-state index contributed by atoms with van der Waals surface area (Å²) < 4.78 is 46.1. The van der Waals surface area contributed by atoms with E-state index in [0.717, 1.165) is 17.2 Å². The number of halogens is 4. The normalized spacial score (nSPS) is 13.1. The Kier molecular flexibility index (Phi) is 10.3. The maximum atomic E-state index is 13.6. The number of carbonyl (C=O) groups is 1. The zero-order valence-corrected chi connectivity index (χ0v) is 23.6. The number of ether oxygens (including phenoxy) is 1. The number of rotatable bonds is 13. The van der Waals surface area contributed by atoms with Gasteiger partial charge in [-0.2, -0.15) is 17.8 Å². The third-order valence-corrected chi connectivity index (χ3v) is 7.46. The molecule has 4 rings (SSSR count). The molecule has 0 aromatic heterocycles. The number of alkyl halides is 3. The van der Waals surface area contributed by atoms with Gasteiger partial charge < -0.3 is 9.84 Å². The third kappa shape index (κ3) is 8.58. The standard InChI is InChI=1S/C33H31ClF3NO4/c34-32-27(15-8-17-30(32)33(35,36)37)22-38(41,18-9-19-42-28-16-7-10-24(20-28)21-31(39)40)23-29(25-11-3-1-4-12-25)26-13-5-2-6-14-26/h1-8,10-17,20,29,41H,9,18-19,21-23H2/p+1. The first-order valence-electron chi connectivity index (χ1n) is 13.5. The van der Waals surface area contributed by atoms with Crippen molar-refractivity contribution in [2.24, 2.45) is 0 Å². The Morgan fingerprint density at radius 3 is 2.10 bits per heavy atom. The van der Waals surface area contributed by atoms with E-state index in [1.165, 1.54) is 12.1 Å². The summed E-state index contributed by atoms with van der Waals surface area (Å²) in [7, 11) is 0. The highest BCUT2D eigenvalue weighted by molar-refractivity contribution is 6.32. The average Bonchev–Trinajstić information content (AvgIpc) is 2.95. The molecule has 0 saturated heterocycles. The van der Waals surface area contributed by atoms with E-state index in [1.807, 2.05) is 60.7 Å². The molecule has 0 amide bonds. The summed E-state index contributed by atoms with van der Waals surface area (Å²) in [5.74, 6) is -0.707. The number of aliphatic carboxylic acids is 1. The van der Waals surface area contributed by atoms with Gasteiger partial charge in [0.1, 0.15) is 25.4 Å². The maximum Gasteiger partial charge on any atom is 0.417 e. The Morgan fingerprint density at radius 2 is 1.50 bits per heavy atom. The molecular formula is C33H32ClF3NO4+. The topological polar surface area (TPSA) is 66.8 Å². The van der Waals surface area contributed by atoms with Gasteiger partial charge in [0.05, 0.1) is 29.5 Å². The second-order valence-corrected chi connectivity index (χ2v) is 10.6. The van der Waals surface area contributed by atoms with Crippen LogP contribution in [-0.2, 0) is 23.9 Å². The molecule has 0 spiro atoms. The molecule has 0 saturated carbocycles. The van der Waals surface area contributed by atoms with Crippen molar-refractivity contribution < 1.29 is 37.7 Å². The van der Waals surface area contributed by atoms with E-state index in [0.29, 0.717) is 17.7 Å². The van der Waals surface area contributed by atoms with Crippen molar-refractivity contribution in [2.45, 2.75) is 31.5 Å². The summed E-state index contributed by atoms with van der Waals surface area (Å²) in [6.07, 6.45) is -4.39. The zero-order valence-electron chi connectivity index (χ0n) is 22.8. The van der Waals surface area contributed by atoms with Gasteiger partial charge in [0.2, 0.25) is 0 Å². The van der Waals surface area contributed by atoms with E-state index >= 15 is 0 Å². The van der Waals surface area contributed by atoms with Gasteiger partial charge in [-0.05, 0) is 34.9 Å². The lowest BCUT2D eigenvalue weighted by Crippen LogP contribution is -2.48. The van der Waals surface area contributed by atoms with Crippen molar-refractivity contribution in [3.05, 3.63) is 136 Å². The van der Waals surface area contributed by atoms with Crippen molar-refractivity contribution in [1.29, 1.82) is 0 Å². The molecule has 1 unspecified atom stereocenters. The molecule has 0 heterocycles. The molecule has 9 heteroatoms. The monoisotopic (exact) mass is 598 g/mol. The molecule has 0 bridgehead atoms. The van der Waals surface area contributed by atoms with Crippen LogP contribution in [0, 0.1) is 0 Å². The minimum absolute atomic E-state index is 0.133. The predicted molar refractivity (Wildman–Crippen MR) is 155 cm³/mol. The van der Waals surface area contributed by atoms with Crippen LogP contribution in [-0.4, -0.2) is 40.6 Å². The second kappa shape index (κ2) is 13.9. The number of benzene rings is 4. The van der Waals surface area contributed by atoms with E-state index in [9.17, 15) is 23.2 Å². The molecule has 4 aromatic rings.